The summed E-state index contributed by atoms with van der Waals surface area (Å²) in [5, 5.41) is 0. The normalized spacial score (nSPS) is 12.1. The van der Waals surface area contributed by atoms with Crippen LogP contribution >= 0.6 is 63.7 Å². The molecule has 5 heterocycles. The fraction of sp³-hybridized carbons (Fsp3) is 0.417. The van der Waals surface area contributed by atoms with Crippen molar-refractivity contribution in [1.29, 1.82) is 0 Å². The van der Waals surface area contributed by atoms with E-state index in [1.165, 1.54) is 56.9 Å². The van der Waals surface area contributed by atoms with Gasteiger partial charge in [0.1, 0.15) is 0 Å². The Bertz CT molecular complexity index is 2970. The standard InChI is InChI=1S/C48H50Br4N4O16/c1-65-29(57)13-9-21-25(17-33(61)69-5)45-38(50)43-23(11-15-31(59)67-3)26(18-34(62)70-6)46(55-43)39(51)44-24(12-16-32(60)68-4)28(20-36(64)72-8)48(56-44)40(52)47-27(19-35(63)71-7)22(10-14-30(58)66-2)42(54-47)37(49)41(21)53-45/h53-54H,9-20H2,1-8H3. The van der Waals surface area contributed by atoms with Crippen molar-refractivity contribution in [2.45, 2.75) is 77.0 Å². The number of aryl methyl sites for hydroxylation is 2. The van der Waals surface area contributed by atoms with Crippen molar-refractivity contribution in [2.75, 3.05) is 56.9 Å². The molecule has 0 saturated carbocycles. The summed E-state index contributed by atoms with van der Waals surface area (Å²) in [7, 11) is 9.81. The number of H-pyrrole nitrogens is 2. The minimum atomic E-state index is -0.679. The zero-order chi connectivity index (χ0) is 53.1. The fourth-order valence-electron chi connectivity index (χ4n) is 8.21. The third kappa shape index (κ3) is 12.7. The van der Waals surface area contributed by atoms with Gasteiger partial charge in [0.05, 0.1) is 145 Å². The van der Waals surface area contributed by atoms with Crippen molar-refractivity contribution >= 4 is 156 Å². The van der Waals surface area contributed by atoms with Gasteiger partial charge in [-0.2, -0.15) is 0 Å². The van der Waals surface area contributed by atoms with E-state index in [9.17, 15) is 38.4 Å². The van der Waals surface area contributed by atoms with E-state index in [2.05, 4.69) is 73.7 Å². The number of fused-ring (bicyclic) bond motifs is 8. The summed E-state index contributed by atoms with van der Waals surface area (Å²) in [6.45, 7) is 0. The topological polar surface area (TPSA) is 268 Å². The molecule has 72 heavy (non-hydrogen) atoms. The molecule has 0 aliphatic carbocycles. The van der Waals surface area contributed by atoms with Gasteiger partial charge in [0.25, 0.3) is 0 Å². The van der Waals surface area contributed by atoms with Crippen LogP contribution < -0.4 is 0 Å². The summed E-state index contributed by atoms with van der Waals surface area (Å²) in [6.07, 6.45) is -2.28. The number of allylic oxidation sites excluding steroid dienone is 2. The maximum atomic E-state index is 13.5. The van der Waals surface area contributed by atoms with E-state index >= 15 is 0 Å². The van der Waals surface area contributed by atoms with Crippen molar-refractivity contribution in [3.63, 3.8) is 0 Å². The van der Waals surface area contributed by atoms with Crippen LogP contribution in [0.1, 0.15) is 96.4 Å². The van der Waals surface area contributed by atoms with Crippen LogP contribution in [0.4, 0.5) is 0 Å². The molecule has 0 amide bonds. The number of esters is 8. The number of methoxy groups -OCH3 is 8. The molecule has 0 radical (unpaired) electrons. The lowest BCUT2D eigenvalue weighted by atomic mass is 9.95. The third-order valence-electron chi connectivity index (χ3n) is 11.9. The first-order valence-electron chi connectivity index (χ1n) is 21.8. The van der Waals surface area contributed by atoms with Crippen LogP contribution in [-0.4, -0.2) is 125 Å². The lowest BCUT2D eigenvalue weighted by Crippen LogP contribution is -2.08. The summed E-state index contributed by atoms with van der Waals surface area (Å²) in [5.41, 5.74) is 4.68. The van der Waals surface area contributed by atoms with Crippen LogP contribution in [0.5, 0.6) is 0 Å². The third-order valence-corrected chi connectivity index (χ3v) is 15.0. The monoisotopic (exact) mass is 1250 g/mol. The lowest BCUT2D eigenvalue weighted by Gasteiger charge is -2.11. The molecule has 0 spiro atoms. The first-order chi connectivity index (χ1) is 34.3. The van der Waals surface area contributed by atoms with Crippen molar-refractivity contribution in [3.8, 4) is 0 Å². The molecule has 0 aromatic carbocycles. The van der Waals surface area contributed by atoms with Crippen LogP contribution in [0.15, 0.2) is 17.9 Å². The van der Waals surface area contributed by atoms with E-state index in [-0.39, 0.29) is 124 Å². The maximum Gasteiger partial charge on any atom is 0.310 e. The number of carbonyl (C=O) groups is 8. The van der Waals surface area contributed by atoms with Crippen molar-refractivity contribution in [3.05, 3.63) is 62.9 Å². The van der Waals surface area contributed by atoms with Crippen LogP contribution in [0.2, 0.25) is 0 Å². The second-order valence-electron chi connectivity index (χ2n) is 15.8. The van der Waals surface area contributed by atoms with Gasteiger partial charge in [-0.1, -0.05) is 0 Å². The molecule has 3 aromatic rings. The van der Waals surface area contributed by atoms with E-state index in [1.807, 2.05) is 0 Å². The highest BCUT2D eigenvalue weighted by atomic mass is 79.9. The Morgan fingerprint density at radius 3 is 0.931 bits per heavy atom. The number of aromatic nitrogens is 4. The fourth-order valence-corrected chi connectivity index (χ4v) is 10.9. The molecule has 2 N–H and O–H groups in total. The SMILES string of the molecule is COC(=O)CCC1=C(CC(=O)OC)c2nc1c(Br)c1nc(c(Br)c3[nH]c(c(CCC(=O)OC)c3CC(=O)OC)c(Br)c3[nH]c(c2Br)c(CC(=O)OC)c3CCC(=O)OC)C(CCC(=O)OC)=C1CC(=O)OC. The Morgan fingerprint density at radius 1 is 0.333 bits per heavy atom. The molecule has 0 fully saturated rings. The van der Waals surface area contributed by atoms with Crippen molar-refractivity contribution < 1.29 is 76.3 Å². The molecule has 20 nitrogen and oxygen atoms in total. The number of rotatable bonds is 20. The maximum absolute atomic E-state index is 13.5. The number of hydrogen-bond donors (Lipinski definition) is 2. The van der Waals surface area contributed by atoms with Gasteiger partial charge in [-0.3, -0.25) is 38.4 Å². The van der Waals surface area contributed by atoms with Gasteiger partial charge in [0, 0.05) is 25.7 Å². The second-order valence-corrected chi connectivity index (χ2v) is 18.9. The number of nitrogens with zero attached hydrogens (tertiary/aromatic N) is 2. The zero-order valence-electron chi connectivity index (χ0n) is 40.4. The van der Waals surface area contributed by atoms with Gasteiger partial charge in [0.15, 0.2) is 0 Å². The van der Waals surface area contributed by atoms with E-state index in [0.29, 0.717) is 60.1 Å². The van der Waals surface area contributed by atoms with Crippen LogP contribution in [0.3, 0.4) is 0 Å². The number of halogens is 4. The predicted molar refractivity (Wildman–Crippen MR) is 273 cm³/mol. The van der Waals surface area contributed by atoms with Crippen LogP contribution in [-0.2, 0) is 102 Å². The molecule has 0 atom stereocenters. The molecule has 24 heteroatoms. The van der Waals surface area contributed by atoms with Crippen molar-refractivity contribution in [1.82, 2.24) is 19.9 Å². The average molecular weight is 1260 g/mol. The number of carbonyl (C=O) groups excluding carboxylic acids is 8. The molecule has 386 valence electrons. The summed E-state index contributed by atoms with van der Waals surface area (Å²) < 4.78 is 41.7. The Morgan fingerprint density at radius 2 is 0.597 bits per heavy atom. The smallest absolute Gasteiger partial charge is 0.310 e. The van der Waals surface area contributed by atoms with E-state index in [0.717, 1.165) is 0 Å². The van der Waals surface area contributed by atoms with Gasteiger partial charge in [-0.05, 0) is 134 Å². The highest BCUT2D eigenvalue weighted by molar-refractivity contribution is 9.11. The van der Waals surface area contributed by atoms with Crippen LogP contribution in [0, 0.1) is 0 Å². The van der Waals surface area contributed by atoms with E-state index in [1.54, 1.807) is 0 Å². The molecule has 0 unspecified atom stereocenters. The minimum absolute atomic E-state index is 0.0108. The minimum Gasteiger partial charge on any atom is -0.469 e. The molecular weight excluding hydrogens is 1210 g/mol. The summed E-state index contributed by atoms with van der Waals surface area (Å²) in [6, 6.07) is 0. The number of nitrogens with one attached hydrogen (secondary N) is 2. The summed E-state index contributed by atoms with van der Waals surface area (Å²) in [4.78, 5) is 123. The van der Waals surface area contributed by atoms with E-state index in [4.69, 9.17) is 47.9 Å². The number of hydrogen-bond acceptors (Lipinski definition) is 18. The summed E-state index contributed by atoms with van der Waals surface area (Å²) in [5.74, 6) is -4.99. The Kier molecular flexibility index (Phi) is 20.5. The van der Waals surface area contributed by atoms with Gasteiger partial charge in [0.2, 0.25) is 0 Å². The quantitative estimate of drug-likeness (QED) is 0.0805. The summed E-state index contributed by atoms with van der Waals surface area (Å²) >= 11 is 15.2. The van der Waals surface area contributed by atoms with E-state index < -0.39 is 47.8 Å². The molecule has 8 bridgehead atoms. The highest BCUT2D eigenvalue weighted by Gasteiger charge is 2.34. The molecule has 0 saturated heterocycles. The molecule has 2 aliphatic rings. The Balaban J connectivity index is 2.26. The Labute approximate surface area is 446 Å². The molecular formula is C48H50Br4N4O16. The zero-order valence-corrected chi connectivity index (χ0v) is 46.8. The van der Waals surface area contributed by atoms with Crippen molar-refractivity contribution in [2.24, 2.45) is 0 Å². The highest BCUT2D eigenvalue weighted by Crippen LogP contribution is 2.48. The van der Waals surface area contributed by atoms with Gasteiger partial charge in [-0.15, -0.1) is 0 Å². The first kappa shape index (κ1) is 57.2. The van der Waals surface area contributed by atoms with Gasteiger partial charge in [-0.25, -0.2) is 9.97 Å². The Hall–Kier alpha value is -5.72. The number of aromatic amines is 2. The van der Waals surface area contributed by atoms with Gasteiger partial charge < -0.3 is 47.9 Å². The molecule has 2 aliphatic heterocycles. The molecule has 3 aromatic heterocycles. The van der Waals surface area contributed by atoms with Crippen LogP contribution in [0.25, 0.3) is 44.4 Å². The number of ether oxygens (including phenoxy) is 8. The largest absolute Gasteiger partial charge is 0.469 e. The molecule has 5 rings (SSSR count). The second kappa shape index (κ2) is 25.8. The average Bonchev–Trinajstić information content (AvgIpc) is 4.14. The predicted octanol–water partition coefficient (Wildman–Crippen LogP) is 7.86. The van der Waals surface area contributed by atoms with Gasteiger partial charge >= 0.3 is 47.8 Å². The first-order valence-corrected chi connectivity index (χ1v) is 25.0. The lowest BCUT2D eigenvalue weighted by molar-refractivity contribution is -0.141.